The molecule has 6 atom stereocenters. The molecule has 37 heavy (non-hydrogen) atoms. The molecule has 12 nitrogen and oxygen atoms in total. The Labute approximate surface area is 220 Å². The second kappa shape index (κ2) is 11.5. The topological polar surface area (TPSA) is 164 Å². The quantitative estimate of drug-likeness (QED) is 0.178. The van der Waals surface area contributed by atoms with Crippen molar-refractivity contribution in [3.05, 3.63) is 34.0 Å². The lowest BCUT2D eigenvalue weighted by Crippen LogP contribution is -2.56. The highest BCUT2D eigenvalue weighted by molar-refractivity contribution is 7.07. The van der Waals surface area contributed by atoms with Crippen LogP contribution in [0.4, 0.5) is 10.2 Å². The molecule has 1 saturated heterocycles. The summed E-state index contributed by atoms with van der Waals surface area (Å²) in [5.74, 6) is -0.870. The van der Waals surface area contributed by atoms with Crippen LogP contribution in [0.1, 0.15) is 25.6 Å². The summed E-state index contributed by atoms with van der Waals surface area (Å²) in [6.07, 6.45) is -6.73. The van der Waals surface area contributed by atoms with E-state index in [1.165, 1.54) is 22.2 Å². The lowest BCUT2D eigenvalue weighted by atomic mass is 9.94. The van der Waals surface area contributed by atoms with E-state index in [1.54, 1.807) is 30.7 Å². The minimum absolute atomic E-state index is 0.000138. The summed E-state index contributed by atoms with van der Waals surface area (Å²) >= 11 is 7.29. The predicted octanol–water partition coefficient (Wildman–Crippen LogP) is 1.64. The number of esters is 1. The average Bonchev–Trinajstić information content (AvgIpc) is 3.58. The Morgan fingerprint density at radius 2 is 2.19 bits per heavy atom. The standard InChI is InChI=1S/C22H27ClFN5O7S/c1-3-33-19(31)22(20(32)34-4-2,7-11-5-6-37-9-11)35-8-12-15(30)13(24)18(36-12)29-10-26-14-16(25)27-21(23)28-17(14)29/h5-6,9-10,12-13,15,18-19,30-31H,3-4,7-8H2,1-2H3,(H2,25,27,28)/t12-,13+,15-,18-,19?,22?/m1/s1. The van der Waals surface area contributed by atoms with Crippen molar-refractivity contribution >= 4 is 45.9 Å². The minimum atomic E-state index is -2.00. The van der Waals surface area contributed by atoms with Gasteiger partial charge in [0.05, 0.1) is 19.5 Å². The molecule has 3 aromatic rings. The highest BCUT2D eigenvalue weighted by atomic mass is 35.5. The highest BCUT2D eigenvalue weighted by Gasteiger charge is 2.52. The van der Waals surface area contributed by atoms with Gasteiger partial charge in [0.2, 0.25) is 10.9 Å². The molecule has 3 aromatic heterocycles. The second-order valence-corrected chi connectivity index (χ2v) is 9.36. The summed E-state index contributed by atoms with van der Waals surface area (Å²) in [6, 6.07) is 1.76. The van der Waals surface area contributed by atoms with Gasteiger partial charge in [0, 0.05) is 13.0 Å². The minimum Gasteiger partial charge on any atom is -0.464 e. The van der Waals surface area contributed by atoms with Crippen LogP contribution in [-0.4, -0.2) is 85.8 Å². The third-order valence-corrected chi connectivity index (χ3v) is 6.79. The summed E-state index contributed by atoms with van der Waals surface area (Å²) in [6.45, 7) is 2.87. The van der Waals surface area contributed by atoms with Gasteiger partial charge in [-0.3, -0.25) is 4.57 Å². The van der Waals surface area contributed by atoms with Crippen LogP contribution >= 0.6 is 22.9 Å². The summed E-state index contributed by atoms with van der Waals surface area (Å²) in [5, 5.41) is 24.9. The van der Waals surface area contributed by atoms with Crippen LogP contribution in [0.5, 0.6) is 0 Å². The molecule has 0 spiro atoms. The van der Waals surface area contributed by atoms with Gasteiger partial charge < -0.3 is 34.9 Å². The number of carbonyl (C=O) groups is 1. The van der Waals surface area contributed by atoms with Gasteiger partial charge in [-0.05, 0) is 47.8 Å². The van der Waals surface area contributed by atoms with Crippen LogP contribution in [-0.2, 0) is 30.2 Å². The van der Waals surface area contributed by atoms with E-state index in [0.29, 0.717) is 5.56 Å². The zero-order valence-corrected chi connectivity index (χ0v) is 21.6. The van der Waals surface area contributed by atoms with Gasteiger partial charge in [0.1, 0.15) is 17.7 Å². The molecule has 0 amide bonds. The lowest BCUT2D eigenvalue weighted by Gasteiger charge is -2.36. The Bertz CT molecular complexity index is 1220. The highest BCUT2D eigenvalue weighted by Crippen LogP contribution is 2.36. The molecule has 15 heteroatoms. The van der Waals surface area contributed by atoms with Gasteiger partial charge >= 0.3 is 5.97 Å². The molecule has 4 heterocycles. The molecule has 1 aliphatic heterocycles. The van der Waals surface area contributed by atoms with Gasteiger partial charge in [-0.2, -0.15) is 21.3 Å². The molecule has 1 aliphatic rings. The number of anilines is 1. The van der Waals surface area contributed by atoms with Crippen LogP contribution in [0, 0.1) is 0 Å². The zero-order chi connectivity index (χ0) is 26.7. The number of ether oxygens (including phenoxy) is 4. The van der Waals surface area contributed by atoms with Crippen LogP contribution in [0.3, 0.4) is 0 Å². The number of fused-ring (bicyclic) bond motifs is 1. The number of aromatic nitrogens is 4. The smallest absolute Gasteiger partial charge is 0.344 e. The molecule has 202 valence electrons. The summed E-state index contributed by atoms with van der Waals surface area (Å²) in [4.78, 5) is 25.1. The van der Waals surface area contributed by atoms with Crippen molar-refractivity contribution in [3.63, 3.8) is 0 Å². The first kappa shape index (κ1) is 27.6. The summed E-state index contributed by atoms with van der Waals surface area (Å²) in [7, 11) is 0. The van der Waals surface area contributed by atoms with Crippen molar-refractivity contribution in [2.75, 3.05) is 25.6 Å². The maximum atomic E-state index is 15.3. The fourth-order valence-electron chi connectivity index (χ4n) is 4.08. The zero-order valence-electron chi connectivity index (χ0n) is 20.0. The van der Waals surface area contributed by atoms with E-state index in [9.17, 15) is 15.0 Å². The van der Waals surface area contributed by atoms with Crippen molar-refractivity contribution in [1.29, 1.82) is 0 Å². The van der Waals surface area contributed by atoms with Crippen LogP contribution in [0.2, 0.25) is 5.28 Å². The molecule has 0 bridgehead atoms. The molecule has 0 saturated carbocycles. The summed E-state index contributed by atoms with van der Waals surface area (Å²) < 4.78 is 38.8. The third kappa shape index (κ3) is 5.41. The monoisotopic (exact) mass is 559 g/mol. The fourth-order valence-corrected chi connectivity index (χ4v) is 4.92. The number of hydrogen-bond donors (Lipinski definition) is 3. The molecular formula is C22H27ClFN5O7S. The van der Waals surface area contributed by atoms with Crippen molar-refractivity contribution < 1.29 is 38.3 Å². The van der Waals surface area contributed by atoms with Gasteiger partial charge in [-0.15, -0.1) is 0 Å². The number of halogens is 2. The normalized spacial score (nSPS) is 24.3. The van der Waals surface area contributed by atoms with Crippen molar-refractivity contribution in [2.45, 2.75) is 56.8 Å². The van der Waals surface area contributed by atoms with E-state index < -0.39 is 49.1 Å². The van der Waals surface area contributed by atoms with Crippen LogP contribution < -0.4 is 5.73 Å². The van der Waals surface area contributed by atoms with Crippen molar-refractivity contribution in [1.82, 2.24) is 19.5 Å². The number of nitrogens with two attached hydrogens (primary N) is 1. The second-order valence-electron chi connectivity index (χ2n) is 8.24. The Morgan fingerprint density at radius 3 is 2.86 bits per heavy atom. The molecule has 4 rings (SSSR count). The van der Waals surface area contributed by atoms with Gasteiger partial charge in [-0.25, -0.2) is 14.2 Å². The van der Waals surface area contributed by atoms with Gasteiger partial charge in [0.25, 0.3) is 0 Å². The van der Waals surface area contributed by atoms with Gasteiger partial charge in [0.15, 0.2) is 30.2 Å². The van der Waals surface area contributed by atoms with Crippen LogP contribution in [0.15, 0.2) is 23.2 Å². The molecule has 4 N–H and O–H groups in total. The number of aliphatic hydroxyl groups excluding tert-OH is 2. The molecule has 0 aliphatic carbocycles. The maximum Gasteiger partial charge on any atom is 0.344 e. The van der Waals surface area contributed by atoms with Crippen molar-refractivity contribution in [3.8, 4) is 0 Å². The maximum absolute atomic E-state index is 15.3. The first-order chi connectivity index (χ1) is 17.7. The number of hydrogen-bond acceptors (Lipinski definition) is 12. The Hall–Kier alpha value is -2.46. The predicted molar refractivity (Wildman–Crippen MR) is 131 cm³/mol. The van der Waals surface area contributed by atoms with Crippen LogP contribution in [0.25, 0.3) is 11.2 Å². The molecule has 1 fully saturated rings. The Kier molecular flexibility index (Phi) is 8.58. The molecule has 0 aromatic carbocycles. The number of aliphatic hydroxyl groups is 2. The number of thiophene rings is 1. The molecule has 0 radical (unpaired) electrons. The number of nitrogen functional groups attached to an aromatic ring is 1. The largest absolute Gasteiger partial charge is 0.464 e. The number of alkyl halides is 1. The van der Waals surface area contributed by atoms with Gasteiger partial charge in [-0.1, -0.05) is 0 Å². The Balaban J connectivity index is 1.60. The first-order valence-electron chi connectivity index (χ1n) is 11.5. The van der Waals surface area contributed by atoms with E-state index in [4.69, 9.17) is 36.3 Å². The van der Waals surface area contributed by atoms with E-state index in [1.807, 2.05) is 0 Å². The van der Waals surface area contributed by atoms with E-state index >= 15 is 4.39 Å². The Morgan fingerprint density at radius 1 is 1.41 bits per heavy atom. The number of imidazole rings is 1. The van der Waals surface area contributed by atoms with E-state index in [0.717, 1.165) is 0 Å². The van der Waals surface area contributed by atoms with Crippen molar-refractivity contribution in [2.24, 2.45) is 0 Å². The van der Waals surface area contributed by atoms with E-state index in [2.05, 4.69) is 15.0 Å². The SMILES string of the molecule is CCOC(=O)C(Cc1ccsc1)(OC[C@H]1O[C@@H](n2cnc3c(N)nc(Cl)nc32)[C@@H](F)[C@@H]1O)C(O)OCC. The third-order valence-electron chi connectivity index (χ3n) is 5.89. The molecular weight excluding hydrogens is 533 g/mol. The average molecular weight is 560 g/mol. The summed E-state index contributed by atoms with van der Waals surface area (Å²) in [5.41, 5.74) is 4.80. The fraction of sp³-hybridized carbons (Fsp3) is 0.545. The van der Waals surface area contributed by atoms with E-state index in [-0.39, 0.29) is 41.9 Å². The lowest BCUT2D eigenvalue weighted by molar-refractivity contribution is -0.248. The number of carbonyl (C=O) groups excluding carboxylic acids is 1. The molecule has 2 unspecified atom stereocenters. The number of nitrogens with zero attached hydrogens (tertiary/aromatic N) is 4. The number of rotatable bonds is 11. The first-order valence-corrected chi connectivity index (χ1v) is 12.8.